The molecule has 0 radical (unpaired) electrons. The second kappa shape index (κ2) is 9.10. The fourth-order valence-electron chi connectivity index (χ4n) is 0. The standard InChI is InChI=1S/Ba.Cr.Fe.3H2O.2O.2H/h;;;3*1H2;;;;/q;+2;;;;;;;;/p-2. The summed E-state index contributed by atoms with van der Waals surface area (Å²) >= 11 is -5.25. The summed E-state index contributed by atoms with van der Waals surface area (Å²) < 4.78 is 31.9. The van der Waals surface area contributed by atoms with Crippen LogP contribution < -0.4 is 0 Å². The molecule has 8 heteroatoms. The van der Waals surface area contributed by atoms with E-state index in [2.05, 4.69) is 0 Å². The molecule has 0 saturated heterocycles. The van der Waals surface area contributed by atoms with Gasteiger partial charge in [-0.3, -0.25) is 0 Å². The van der Waals surface area contributed by atoms with Crippen LogP contribution in [0, 0.1) is 0 Å². The SMILES string of the molecule is O.[BaH2].[Fe].[O]=[Cr](=[O])([OH])[OH]. The molecule has 0 aliphatic rings. The van der Waals surface area contributed by atoms with Crippen LogP contribution in [0.25, 0.3) is 0 Å². The summed E-state index contributed by atoms with van der Waals surface area (Å²) in [6.45, 7) is 0. The normalized spacial score (nSPS) is 7.25. The Kier molecular flexibility index (Phi) is 25.6. The molecule has 0 atom stereocenters. The minimum absolute atomic E-state index is 0. The second-order valence-corrected chi connectivity index (χ2v) is 1.85. The Morgan fingerprint density at radius 3 is 1.12 bits per heavy atom. The Hall–Kier alpha value is 2.10. The second-order valence-electron chi connectivity index (χ2n) is 0.448. The Morgan fingerprint density at radius 1 is 1.12 bits per heavy atom. The van der Waals surface area contributed by atoms with E-state index in [1.165, 1.54) is 0 Å². The van der Waals surface area contributed by atoms with Crippen LogP contribution in [0.4, 0.5) is 0 Å². The Balaban J connectivity index is -0.0000000267. The van der Waals surface area contributed by atoms with Gasteiger partial charge < -0.3 is 5.48 Å². The first kappa shape index (κ1) is 22.5. The van der Waals surface area contributed by atoms with Crippen molar-refractivity contribution in [1.29, 1.82) is 0 Å². The third-order valence-corrected chi connectivity index (χ3v) is 0. The van der Waals surface area contributed by atoms with Crippen LogP contribution in [0.5, 0.6) is 0 Å². The zero-order valence-electron chi connectivity index (χ0n) is 2.97. The molecule has 0 bridgehead atoms. The van der Waals surface area contributed by atoms with Gasteiger partial charge in [-0.05, 0) is 0 Å². The monoisotopic (exact) mass is 332 g/mol. The Morgan fingerprint density at radius 2 is 1.12 bits per heavy atom. The fourth-order valence-corrected chi connectivity index (χ4v) is 0. The van der Waals surface area contributed by atoms with Gasteiger partial charge in [-0.25, -0.2) is 0 Å². The van der Waals surface area contributed by atoms with Crippen LogP contribution in [0.1, 0.15) is 0 Å². The van der Waals surface area contributed by atoms with Crippen molar-refractivity contribution in [2.75, 3.05) is 0 Å². The molecular weight excluding hydrogens is 325 g/mol. The topological polar surface area (TPSA) is 106 Å². The molecule has 5 nitrogen and oxygen atoms in total. The van der Waals surface area contributed by atoms with Crippen LogP contribution in [0.15, 0.2) is 0 Å². The van der Waals surface area contributed by atoms with Gasteiger partial charge in [0.25, 0.3) is 0 Å². The van der Waals surface area contributed by atoms with Gasteiger partial charge in [0.15, 0.2) is 0 Å². The van der Waals surface area contributed by atoms with E-state index in [-0.39, 0.29) is 71.4 Å². The van der Waals surface area contributed by atoms with Gasteiger partial charge in [-0.15, -0.1) is 0 Å². The molecule has 0 aromatic carbocycles. The summed E-state index contributed by atoms with van der Waals surface area (Å²) in [5, 5.41) is 0. The van der Waals surface area contributed by atoms with Crippen molar-refractivity contribution >= 4 is 48.9 Å². The predicted octanol–water partition coefficient (Wildman–Crippen LogP) is -3.10. The van der Waals surface area contributed by atoms with Crippen molar-refractivity contribution < 1.29 is 52.1 Å². The first-order chi connectivity index (χ1) is 2.00. The maximum absolute atomic E-state index is 8.82. The van der Waals surface area contributed by atoms with Gasteiger partial charge in [0.1, 0.15) is 0 Å². The third kappa shape index (κ3) is 92.4. The summed E-state index contributed by atoms with van der Waals surface area (Å²) in [5.41, 5.74) is 0. The molecule has 0 aliphatic carbocycles. The minimum atomic E-state index is -5.25. The van der Waals surface area contributed by atoms with E-state index in [0.717, 1.165) is 0 Å². The molecule has 0 unspecified atom stereocenters. The molecule has 0 saturated carbocycles. The van der Waals surface area contributed by atoms with E-state index in [0.29, 0.717) is 0 Å². The van der Waals surface area contributed by atoms with E-state index >= 15 is 0 Å². The molecule has 0 rings (SSSR count). The van der Waals surface area contributed by atoms with E-state index in [1.807, 2.05) is 0 Å². The van der Waals surface area contributed by atoms with Gasteiger partial charge >= 0.3 is 78.4 Å². The van der Waals surface area contributed by atoms with Crippen LogP contribution >= 0.6 is 0 Å². The van der Waals surface area contributed by atoms with Crippen molar-refractivity contribution in [3.05, 3.63) is 0 Å². The quantitative estimate of drug-likeness (QED) is 0.459. The van der Waals surface area contributed by atoms with E-state index < -0.39 is 13.6 Å². The van der Waals surface area contributed by atoms with Crippen molar-refractivity contribution in [2.24, 2.45) is 0 Å². The van der Waals surface area contributed by atoms with Crippen LogP contribution in [0.3, 0.4) is 0 Å². The molecule has 52 valence electrons. The fraction of sp³-hybridized carbons (Fsp3) is 0. The summed E-state index contributed by atoms with van der Waals surface area (Å²) in [7, 11) is 0. The molecule has 0 aliphatic heterocycles. The molecule has 0 heterocycles. The molecule has 0 fully saturated rings. The van der Waals surface area contributed by atoms with Crippen LogP contribution in [-0.4, -0.2) is 62.7 Å². The molecule has 0 aromatic heterocycles. The van der Waals surface area contributed by atoms with Crippen molar-refractivity contribution in [1.82, 2.24) is 0 Å². The van der Waals surface area contributed by atoms with Crippen molar-refractivity contribution in [2.45, 2.75) is 0 Å². The summed E-state index contributed by atoms with van der Waals surface area (Å²) in [4.78, 5) is 0. The average Bonchev–Trinajstić information content (AvgIpc) is 0.722. The molecule has 4 N–H and O–H groups in total. The van der Waals surface area contributed by atoms with Gasteiger partial charge in [-0.2, -0.15) is 0 Å². The number of hydrogen-bond acceptors (Lipinski definition) is 2. The molecule has 0 spiro atoms. The Labute approximate surface area is 99.1 Å². The van der Waals surface area contributed by atoms with E-state index in [1.54, 1.807) is 0 Å². The van der Waals surface area contributed by atoms with Gasteiger partial charge in [-0.1, -0.05) is 0 Å². The zero-order valence-corrected chi connectivity index (χ0v) is 5.35. The first-order valence-corrected chi connectivity index (χ1v) is 2.88. The molecule has 0 aromatic rings. The van der Waals surface area contributed by atoms with Gasteiger partial charge in [0, 0.05) is 17.1 Å². The average molecular weight is 331 g/mol. The Bertz CT molecular complexity index is 95.6. The van der Waals surface area contributed by atoms with Crippen molar-refractivity contribution in [3.63, 3.8) is 0 Å². The maximum atomic E-state index is 8.82. The summed E-state index contributed by atoms with van der Waals surface area (Å²) in [5.74, 6) is 0. The van der Waals surface area contributed by atoms with Crippen LogP contribution in [0.2, 0.25) is 0 Å². The van der Waals surface area contributed by atoms with Crippen LogP contribution in [-0.2, 0) is 38.3 Å². The van der Waals surface area contributed by atoms with Gasteiger partial charge in [0.05, 0.1) is 0 Å². The molecular formula is H6BaCrFeO5. The van der Waals surface area contributed by atoms with Gasteiger partial charge in [0.2, 0.25) is 0 Å². The van der Waals surface area contributed by atoms with E-state index in [9.17, 15) is 0 Å². The van der Waals surface area contributed by atoms with Crippen molar-refractivity contribution in [3.8, 4) is 0 Å². The zero-order chi connectivity index (χ0) is 4.50. The van der Waals surface area contributed by atoms with E-state index in [4.69, 9.17) is 15.9 Å². The molecule has 8 heavy (non-hydrogen) atoms. The summed E-state index contributed by atoms with van der Waals surface area (Å²) in [6, 6.07) is 0. The predicted molar refractivity (Wildman–Crippen MR) is 18.0 cm³/mol. The summed E-state index contributed by atoms with van der Waals surface area (Å²) in [6.07, 6.45) is 0. The third-order valence-electron chi connectivity index (χ3n) is 0. The first-order valence-electron chi connectivity index (χ1n) is 0.698. The molecule has 0 amide bonds. The number of rotatable bonds is 0. The number of hydrogen-bond donors (Lipinski definition) is 2.